The van der Waals surface area contributed by atoms with Gasteiger partial charge in [0.25, 0.3) is 0 Å². The van der Waals surface area contributed by atoms with Crippen LogP contribution in [-0.4, -0.2) is 17.5 Å². The lowest BCUT2D eigenvalue weighted by atomic mass is 9.47. The Bertz CT molecular complexity index is 587. The van der Waals surface area contributed by atoms with E-state index in [0.29, 0.717) is 17.6 Å². The van der Waals surface area contributed by atoms with Crippen LogP contribution in [0, 0.1) is 28.6 Å². The lowest BCUT2D eigenvalue weighted by molar-refractivity contribution is -0.118. The number of aliphatic hydroxyl groups excluding tert-OH is 1. The third-order valence-corrected chi connectivity index (χ3v) is 7.63. The van der Waals surface area contributed by atoms with Gasteiger partial charge in [-0.25, -0.2) is 0 Å². The first kappa shape index (κ1) is 14.7. The smallest absolute Gasteiger partial charge is 0.165 e. The highest BCUT2D eigenvalue weighted by Gasteiger charge is 2.57. The van der Waals surface area contributed by atoms with Crippen molar-refractivity contribution in [2.75, 3.05) is 6.61 Å². The minimum Gasteiger partial charge on any atom is -0.396 e. The molecule has 0 aromatic rings. The molecule has 1 N–H and O–H groups in total. The average Bonchev–Trinajstić information content (AvgIpc) is 2.71. The Morgan fingerprint density at radius 2 is 2.09 bits per heavy atom. The van der Waals surface area contributed by atoms with Crippen molar-refractivity contribution < 1.29 is 9.90 Å². The molecule has 5 atom stereocenters. The molecule has 2 saturated carbocycles. The fourth-order valence-electron chi connectivity index (χ4n) is 6.58. The van der Waals surface area contributed by atoms with Gasteiger partial charge < -0.3 is 5.11 Å². The monoisotopic (exact) mass is 300 g/mol. The summed E-state index contributed by atoms with van der Waals surface area (Å²) < 4.78 is 0. The molecule has 22 heavy (non-hydrogen) atoms. The summed E-state index contributed by atoms with van der Waals surface area (Å²) >= 11 is 0. The van der Waals surface area contributed by atoms with Gasteiger partial charge in [-0.2, -0.15) is 0 Å². The molecule has 4 rings (SSSR count). The molecule has 5 unspecified atom stereocenters. The summed E-state index contributed by atoms with van der Waals surface area (Å²) in [5, 5.41) is 10.0. The Balaban J connectivity index is 1.82. The fourth-order valence-corrected chi connectivity index (χ4v) is 6.58. The number of allylic oxidation sites excluding steroid dienone is 3. The largest absolute Gasteiger partial charge is 0.396 e. The van der Waals surface area contributed by atoms with E-state index in [4.69, 9.17) is 0 Å². The predicted octanol–water partition coefficient (Wildman–Crippen LogP) is 4.05. The predicted molar refractivity (Wildman–Crippen MR) is 87.3 cm³/mol. The summed E-state index contributed by atoms with van der Waals surface area (Å²) in [6.45, 7) is 9.03. The lowest BCUT2D eigenvalue weighted by Crippen LogP contribution is -2.50. The van der Waals surface area contributed by atoms with Crippen molar-refractivity contribution in [3.63, 3.8) is 0 Å². The highest BCUT2D eigenvalue weighted by molar-refractivity contribution is 6.02. The van der Waals surface area contributed by atoms with Gasteiger partial charge in [-0.3, -0.25) is 4.79 Å². The number of rotatable bonds is 1. The zero-order chi connectivity index (χ0) is 15.7. The van der Waals surface area contributed by atoms with Crippen LogP contribution in [0.3, 0.4) is 0 Å². The molecule has 2 fully saturated rings. The van der Waals surface area contributed by atoms with E-state index in [9.17, 15) is 9.90 Å². The van der Waals surface area contributed by atoms with Crippen molar-refractivity contribution in [3.05, 3.63) is 23.3 Å². The molecule has 0 radical (unpaired) electrons. The number of ketones is 1. The van der Waals surface area contributed by atoms with E-state index in [0.717, 1.165) is 31.3 Å². The van der Waals surface area contributed by atoms with Crippen LogP contribution in [0.15, 0.2) is 23.3 Å². The van der Waals surface area contributed by atoms with Crippen molar-refractivity contribution in [2.45, 2.75) is 58.8 Å². The molecule has 4 aliphatic carbocycles. The summed E-state index contributed by atoms with van der Waals surface area (Å²) in [5.41, 5.74) is 4.11. The molecule has 0 spiro atoms. The molecule has 2 heteroatoms. The molecule has 0 amide bonds. The van der Waals surface area contributed by atoms with Gasteiger partial charge in [0, 0.05) is 12.5 Å². The van der Waals surface area contributed by atoms with Gasteiger partial charge >= 0.3 is 0 Å². The summed E-state index contributed by atoms with van der Waals surface area (Å²) in [6, 6.07) is 0. The van der Waals surface area contributed by atoms with Gasteiger partial charge in [-0.1, -0.05) is 38.0 Å². The Kier molecular flexibility index (Phi) is 3.05. The zero-order valence-corrected chi connectivity index (χ0v) is 14.0. The highest BCUT2D eigenvalue weighted by Crippen LogP contribution is 2.64. The second-order valence-corrected chi connectivity index (χ2v) is 8.77. The third kappa shape index (κ3) is 1.68. The van der Waals surface area contributed by atoms with Crippen molar-refractivity contribution >= 4 is 5.78 Å². The maximum Gasteiger partial charge on any atom is 0.165 e. The van der Waals surface area contributed by atoms with Gasteiger partial charge in [0.2, 0.25) is 0 Å². The number of Topliss-reactive ketones (excluding diaryl/α,β-unsaturated/α-hetero) is 1. The van der Waals surface area contributed by atoms with Crippen LogP contribution in [-0.2, 0) is 4.79 Å². The van der Waals surface area contributed by atoms with Crippen LogP contribution in [0.1, 0.15) is 58.8 Å². The van der Waals surface area contributed by atoms with Gasteiger partial charge in [0.15, 0.2) is 5.78 Å². The normalized spacial score (nSPS) is 47.5. The maximum absolute atomic E-state index is 12.7. The number of carbonyl (C=O) groups is 1. The van der Waals surface area contributed by atoms with Crippen LogP contribution >= 0.6 is 0 Å². The summed E-state index contributed by atoms with van der Waals surface area (Å²) in [4.78, 5) is 12.7. The van der Waals surface area contributed by atoms with Gasteiger partial charge in [-0.15, -0.1) is 0 Å². The topological polar surface area (TPSA) is 37.3 Å². The van der Waals surface area contributed by atoms with Crippen LogP contribution < -0.4 is 0 Å². The van der Waals surface area contributed by atoms with Crippen LogP contribution in [0.4, 0.5) is 0 Å². The molecule has 0 aromatic carbocycles. The minimum atomic E-state index is 0.0288. The first-order valence-electron chi connectivity index (χ1n) is 8.97. The van der Waals surface area contributed by atoms with Crippen molar-refractivity contribution in [2.24, 2.45) is 28.6 Å². The molecular formula is C20H28O2. The van der Waals surface area contributed by atoms with Crippen molar-refractivity contribution in [3.8, 4) is 0 Å². The molecule has 0 heterocycles. The summed E-state index contributed by atoms with van der Waals surface area (Å²) in [7, 11) is 0. The Morgan fingerprint density at radius 1 is 1.32 bits per heavy atom. The fraction of sp³-hybridized carbons (Fsp3) is 0.750. The van der Waals surface area contributed by atoms with Crippen LogP contribution in [0.2, 0.25) is 0 Å². The number of fused-ring (bicyclic) bond motifs is 5. The minimum absolute atomic E-state index is 0.0288. The molecule has 0 aromatic heterocycles. The quantitative estimate of drug-likeness (QED) is 0.586. The maximum atomic E-state index is 12.7. The van der Waals surface area contributed by atoms with E-state index < -0.39 is 0 Å². The van der Waals surface area contributed by atoms with E-state index in [-0.39, 0.29) is 23.4 Å². The first-order valence-corrected chi connectivity index (χ1v) is 8.97. The highest BCUT2D eigenvalue weighted by atomic mass is 16.3. The summed E-state index contributed by atoms with van der Waals surface area (Å²) in [5.74, 6) is 1.39. The average molecular weight is 300 g/mol. The second-order valence-electron chi connectivity index (χ2n) is 8.77. The molecule has 0 aliphatic heterocycles. The molecule has 2 nitrogen and oxygen atoms in total. The Hall–Kier alpha value is -0.890. The van der Waals surface area contributed by atoms with Gasteiger partial charge in [0.05, 0.1) is 0 Å². The zero-order valence-electron chi connectivity index (χ0n) is 14.0. The third-order valence-electron chi connectivity index (χ3n) is 7.63. The van der Waals surface area contributed by atoms with E-state index in [1.54, 1.807) is 5.57 Å². The Morgan fingerprint density at radius 3 is 2.82 bits per heavy atom. The number of hydrogen-bond acceptors (Lipinski definition) is 2. The molecule has 0 saturated heterocycles. The Labute approximate surface area is 133 Å². The van der Waals surface area contributed by atoms with E-state index in [1.165, 1.54) is 24.8 Å². The number of aliphatic hydroxyl groups is 1. The SMILES string of the molecule is C=C1C(=O)C2CC1CC1=C2C2(C)CCCC(C)(CO)C2CC1. The molecular weight excluding hydrogens is 272 g/mol. The van der Waals surface area contributed by atoms with E-state index >= 15 is 0 Å². The van der Waals surface area contributed by atoms with Crippen molar-refractivity contribution in [1.29, 1.82) is 0 Å². The summed E-state index contributed by atoms with van der Waals surface area (Å²) in [6.07, 6.45) is 7.90. The molecule has 2 bridgehead atoms. The van der Waals surface area contributed by atoms with Crippen LogP contribution in [0.25, 0.3) is 0 Å². The van der Waals surface area contributed by atoms with Gasteiger partial charge in [0.1, 0.15) is 0 Å². The number of carbonyl (C=O) groups excluding carboxylic acids is 1. The second kappa shape index (κ2) is 4.56. The lowest BCUT2D eigenvalue weighted by Gasteiger charge is -2.57. The molecule has 120 valence electrons. The van der Waals surface area contributed by atoms with E-state index in [2.05, 4.69) is 20.4 Å². The standard InChI is InChI=1S/C20H28O2/c1-12-14-9-13-5-6-16-19(2,11-21)7-4-8-20(16,3)17(13)15(10-14)18(12)22/h14-16,21H,1,4-11H2,2-3H3. The number of hydrogen-bond donors (Lipinski definition) is 1. The van der Waals surface area contributed by atoms with E-state index in [1.807, 2.05) is 0 Å². The first-order chi connectivity index (χ1) is 10.4. The van der Waals surface area contributed by atoms with Crippen LogP contribution in [0.5, 0.6) is 0 Å². The van der Waals surface area contributed by atoms with Crippen molar-refractivity contribution in [1.82, 2.24) is 0 Å². The molecule has 4 aliphatic rings. The van der Waals surface area contributed by atoms with Gasteiger partial charge in [-0.05, 0) is 66.8 Å².